The van der Waals surface area contributed by atoms with Gasteiger partial charge in [0.1, 0.15) is 0 Å². The van der Waals surface area contributed by atoms with Crippen molar-refractivity contribution in [3.63, 3.8) is 0 Å². The average Bonchev–Trinajstić information content (AvgIpc) is 3.07. The molecule has 1 fully saturated rings. The van der Waals surface area contributed by atoms with Crippen LogP contribution in [0.3, 0.4) is 0 Å². The van der Waals surface area contributed by atoms with Crippen LogP contribution in [-0.2, 0) is 17.6 Å². The van der Waals surface area contributed by atoms with Gasteiger partial charge < -0.3 is 20.9 Å². The zero-order valence-corrected chi connectivity index (χ0v) is 19.5. The van der Waals surface area contributed by atoms with Gasteiger partial charge in [0.05, 0.1) is 36.3 Å². The van der Waals surface area contributed by atoms with Crippen molar-refractivity contribution in [3.8, 4) is 5.69 Å². The Bertz CT molecular complexity index is 974. The number of aliphatic hydroxyl groups is 1. The first-order chi connectivity index (χ1) is 15.3. The molecule has 0 unspecified atom stereocenters. The van der Waals surface area contributed by atoms with Crippen LogP contribution in [0, 0.1) is 12.3 Å². The van der Waals surface area contributed by atoms with Crippen molar-refractivity contribution in [1.82, 2.24) is 9.78 Å². The summed E-state index contributed by atoms with van der Waals surface area (Å²) in [4.78, 5) is 12.1. The number of carbonyl (C=O) groups is 1. The fourth-order valence-electron chi connectivity index (χ4n) is 5.14. The molecule has 2 aromatic rings. The third-order valence-electron chi connectivity index (χ3n) is 6.98. The lowest BCUT2D eigenvalue weighted by molar-refractivity contribution is 0.00722. The molecule has 174 valence electrons. The van der Waals surface area contributed by atoms with Gasteiger partial charge in [0.25, 0.3) is 5.91 Å². The van der Waals surface area contributed by atoms with E-state index in [2.05, 4.69) is 30.8 Å². The van der Waals surface area contributed by atoms with E-state index in [1.165, 1.54) is 17.7 Å². The number of nitrogens with two attached hydrogens (primary N) is 1. The topological polar surface area (TPSA) is 102 Å². The summed E-state index contributed by atoms with van der Waals surface area (Å²) < 4.78 is 7.73. The minimum atomic E-state index is -0.432. The van der Waals surface area contributed by atoms with Gasteiger partial charge in [-0.25, -0.2) is 4.68 Å². The molecule has 0 atom stereocenters. The number of benzene rings is 1. The van der Waals surface area contributed by atoms with Crippen molar-refractivity contribution < 1.29 is 14.6 Å². The summed E-state index contributed by atoms with van der Waals surface area (Å²) in [7, 11) is 0. The maximum Gasteiger partial charge on any atom is 0.250 e. The molecule has 2 aliphatic carbocycles. The molecule has 7 heteroatoms. The molecule has 1 amide bonds. The number of rotatable bonds is 7. The number of amides is 1. The van der Waals surface area contributed by atoms with Crippen LogP contribution in [0.15, 0.2) is 18.2 Å². The zero-order chi connectivity index (χ0) is 22.9. The highest BCUT2D eigenvalue weighted by atomic mass is 16.5. The molecule has 4 N–H and O–H groups in total. The smallest absolute Gasteiger partial charge is 0.250 e. The van der Waals surface area contributed by atoms with Gasteiger partial charge in [0.2, 0.25) is 0 Å². The van der Waals surface area contributed by atoms with Crippen molar-refractivity contribution in [1.29, 1.82) is 0 Å². The Hall–Kier alpha value is -2.38. The van der Waals surface area contributed by atoms with Gasteiger partial charge in [-0.3, -0.25) is 4.79 Å². The molecule has 4 rings (SSSR count). The van der Waals surface area contributed by atoms with Crippen molar-refractivity contribution in [2.75, 3.05) is 18.5 Å². The van der Waals surface area contributed by atoms with Crippen LogP contribution in [0.4, 0.5) is 5.69 Å². The van der Waals surface area contributed by atoms with E-state index in [0.717, 1.165) is 55.6 Å². The van der Waals surface area contributed by atoms with Crippen LogP contribution in [0.2, 0.25) is 0 Å². The molecule has 2 aliphatic rings. The minimum absolute atomic E-state index is 0.0563. The third kappa shape index (κ3) is 4.84. The fourth-order valence-corrected chi connectivity index (χ4v) is 5.14. The number of carbonyl (C=O) groups excluding carboxylic acids is 1. The van der Waals surface area contributed by atoms with Crippen molar-refractivity contribution >= 4 is 11.6 Å². The highest BCUT2D eigenvalue weighted by Crippen LogP contribution is 2.37. The number of aromatic nitrogens is 2. The third-order valence-corrected chi connectivity index (χ3v) is 6.98. The molecule has 0 bridgehead atoms. The minimum Gasteiger partial charge on any atom is -0.394 e. The van der Waals surface area contributed by atoms with Gasteiger partial charge in [-0.2, -0.15) is 5.10 Å². The first-order valence-corrected chi connectivity index (χ1v) is 11.8. The van der Waals surface area contributed by atoms with E-state index in [-0.39, 0.29) is 24.2 Å². The van der Waals surface area contributed by atoms with Crippen LogP contribution in [0.5, 0.6) is 0 Å². The van der Waals surface area contributed by atoms with Crippen LogP contribution < -0.4 is 11.1 Å². The monoisotopic (exact) mass is 440 g/mol. The summed E-state index contributed by atoms with van der Waals surface area (Å²) in [6, 6.07) is 6.03. The summed E-state index contributed by atoms with van der Waals surface area (Å²) in [6.07, 6.45) is 7.18. The predicted octanol–water partition coefficient (Wildman–Crippen LogP) is 3.53. The molecule has 0 saturated heterocycles. The standard InChI is InChI=1S/C25H36N4O3/c1-16-20-10-11-25(2,3)15-23(20)29(28-16)18-6-9-21(24(26)31)22(14-18)27-17-4-7-19(8-5-17)32-13-12-30/h6,9,14,17,19,27,30H,4-5,7-8,10-13,15H2,1-3H3,(H2,26,31)/t17-,19-. The second-order valence-corrected chi connectivity index (χ2v) is 10.1. The Kier molecular flexibility index (Phi) is 6.58. The SMILES string of the molecule is Cc1nn(-c2ccc(C(N)=O)c(N[C@H]3CC[C@H](OCCO)CC3)c2)c2c1CCC(C)(C)C2. The number of nitrogens with zero attached hydrogens (tertiary/aromatic N) is 2. The summed E-state index contributed by atoms with van der Waals surface area (Å²) in [5, 5.41) is 17.4. The van der Waals surface area contributed by atoms with Crippen molar-refractivity contribution in [3.05, 3.63) is 40.7 Å². The number of fused-ring (bicyclic) bond motifs is 1. The molecule has 7 nitrogen and oxygen atoms in total. The quantitative estimate of drug-likeness (QED) is 0.611. The van der Waals surface area contributed by atoms with E-state index >= 15 is 0 Å². The van der Waals surface area contributed by atoms with Gasteiger partial charge >= 0.3 is 0 Å². The van der Waals surface area contributed by atoms with Crippen molar-refractivity contribution in [2.24, 2.45) is 11.1 Å². The molecule has 0 radical (unpaired) electrons. The molecular weight excluding hydrogens is 404 g/mol. The number of primary amides is 1. The lowest BCUT2D eigenvalue weighted by Crippen LogP contribution is -2.31. The Morgan fingerprint density at radius 3 is 2.75 bits per heavy atom. The molecule has 1 saturated carbocycles. The van der Waals surface area contributed by atoms with E-state index in [0.29, 0.717) is 12.2 Å². The van der Waals surface area contributed by atoms with E-state index < -0.39 is 5.91 Å². The number of hydrogen-bond donors (Lipinski definition) is 3. The highest BCUT2D eigenvalue weighted by molar-refractivity contribution is 5.99. The van der Waals surface area contributed by atoms with Crippen LogP contribution in [0.1, 0.15) is 73.3 Å². The molecule has 0 spiro atoms. The first kappa shape index (κ1) is 22.8. The lowest BCUT2D eigenvalue weighted by atomic mass is 9.76. The average molecular weight is 441 g/mol. The summed E-state index contributed by atoms with van der Waals surface area (Å²) >= 11 is 0. The molecular formula is C25H36N4O3. The van der Waals surface area contributed by atoms with Crippen molar-refractivity contribution in [2.45, 2.75) is 77.9 Å². The maximum absolute atomic E-state index is 12.1. The molecule has 1 aromatic carbocycles. The van der Waals surface area contributed by atoms with Crippen LogP contribution >= 0.6 is 0 Å². The van der Waals surface area contributed by atoms with Gasteiger partial charge in [-0.1, -0.05) is 13.8 Å². The molecule has 0 aliphatic heterocycles. The molecule has 1 heterocycles. The summed E-state index contributed by atoms with van der Waals surface area (Å²) in [5.74, 6) is -0.432. The number of hydrogen-bond acceptors (Lipinski definition) is 5. The van der Waals surface area contributed by atoms with Gasteiger partial charge in [0, 0.05) is 17.4 Å². The highest BCUT2D eigenvalue weighted by Gasteiger charge is 2.30. The van der Waals surface area contributed by atoms with Gasteiger partial charge in [0.15, 0.2) is 0 Å². The number of aliphatic hydroxyl groups excluding tert-OH is 1. The second kappa shape index (κ2) is 9.24. The number of aryl methyl sites for hydroxylation is 1. The van der Waals surface area contributed by atoms with Crippen LogP contribution in [0.25, 0.3) is 5.69 Å². The maximum atomic E-state index is 12.1. The molecule has 1 aromatic heterocycles. The predicted molar refractivity (Wildman–Crippen MR) is 125 cm³/mol. The van der Waals surface area contributed by atoms with E-state index in [1.54, 1.807) is 0 Å². The van der Waals surface area contributed by atoms with E-state index in [9.17, 15) is 4.79 Å². The summed E-state index contributed by atoms with van der Waals surface area (Å²) in [5.41, 5.74) is 11.9. The lowest BCUT2D eigenvalue weighted by Gasteiger charge is -2.31. The molecule has 32 heavy (non-hydrogen) atoms. The summed E-state index contributed by atoms with van der Waals surface area (Å²) in [6.45, 7) is 7.16. The largest absolute Gasteiger partial charge is 0.394 e. The Labute approximate surface area is 190 Å². The van der Waals surface area contributed by atoms with Crippen LogP contribution in [-0.4, -0.2) is 46.2 Å². The second-order valence-electron chi connectivity index (χ2n) is 10.1. The Morgan fingerprint density at radius 2 is 2.06 bits per heavy atom. The van der Waals surface area contributed by atoms with E-state index in [1.807, 2.05) is 18.2 Å². The first-order valence-electron chi connectivity index (χ1n) is 11.8. The fraction of sp³-hybridized carbons (Fsp3) is 0.600. The zero-order valence-electron chi connectivity index (χ0n) is 19.5. The Balaban J connectivity index is 1.58. The van der Waals surface area contributed by atoms with Gasteiger partial charge in [-0.05, 0) is 81.0 Å². The number of anilines is 1. The normalized spacial score (nSPS) is 22.4. The van der Waals surface area contributed by atoms with Gasteiger partial charge in [-0.15, -0.1) is 0 Å². The number of nitrogens with one attached hydrogen (secondary N) is 1. The van der Waals surface area contributed by atoms with E-state index in [4.69, 9.17) is 20.7 Å². The Morgan fingerprint density at radius 1 is 1.31 bits per heavy atom. The number of ether oxygens (including phenoxy) is 1.